The molecule has 2 rings (SSSR count). The van der Waals surface area contributed by atoms with E-state index < -0.39 is 34.2 Å². The molecule has 0 amide bonds. The molecule has 32 heavy (non-hydrogen) atoms. The highest BCUT2D eigenvalue weighted by Gasteiger charge is 2.56. The van der Waals surface area contributed by atoms with Crippen LogP contribution in [0.1, 0.15) is 61.6 Å². The average Bonchev–Trinajstić information content (AvgIpc) is 2.83. The number of hydrogen-bond donors (Lipinski definition) is 1. The molecule has 2 heterocycles. The Kier molecular flexibility index (Phi) is 7.36. The molecule has 184 valence electrons. The molecule has 1 aliphatic rings. The molecule has 0 aliphatic carbocycles. The molecule has 1 aromatic rings. The van der Waals surface area contributed by atoms with Crippen LogP contribution in [0.15, 0.2) is 17.1 Å². The van der Waals surface area contributed by atoms with E-state index >= 15 is 0 Å². The van der Waals surface area contributed by atoms with E-state index in [1.54, 1.807) is 12.3 Å². The minimum absolute atomic E-state index is 0.0472. The fourth-order valence-corrected chi connectivity index (χ4v) is 6.00. The van der Waals surface area contributed by atoms with Gasteiger partial charge in [-0.1, -0.05) is 48.5 Å². The standard InChI is InChI=1S/C23H45N3O4Si2/c1-16-18(30-32(11,12)22(5,6)7)23(8,15-28-31(9,10)21(2,3)4)29-19(16)26-14-13-17(24)25-20(26)27/h13-14,16,18-19H,15H2,1-12H3,(H2,24,25,27)/t16-,18?,19+,23+/m0/s1. The molecule has 0 saturated carbocycles. The molecule has 4 atom stereocenters. The molecule has 9 heteroatoms. The molecule has 7 nitrogen and oxygen atoms in total. The second kappa shape index (κ2) is 8.65. The van der Waals surface area contributed by atoms with Crippen LogP contribution in [-0.4, -0.2) is 44.5 Å². The first kappa shape index (κ1) is 27.2. The van der Waals surface area contributed by atoms with Gasteiger partial charge in [0.15, 0.2) is 16.6 Å². The lowest BCUT2D eigenvalue weighted by atomic mass is 9.93. The lowest BCUT2D eigenvalue weighted by Crippen LogP contribution is -2.54. The fourth-order valence-electron chi connectivity index (χ4n) is 3.47. The first-order chi connectivity index (χ1) is 14.2. The average molecular weight is 484 g/mol. The van der Waals surface area contributed by atoms with Crippen molar-refractivity contribution in [3.63, 3.8) is 0 Å². The van der Waals surface area contributed by atoms with Crippen LogP contribution in [0, 0.1) is 5.92 Å². The zero-order valence-electron chi connectivity index (χ0n) is 22.2. The van der Waals surface area contributed by atoms with E-state index in [9.17, 15) is 4.79 Å². The van der Waals surface area contributed by atoms with Crippen molar-refractivity contribution in [1.29, 1.82) is 0 Å². The molecular formula is C23H45N3O4Si2. The molecule has 1 saturated heterocycles. The zero-order chi connectivity index (χ0) is 24.9. The molecule has 0 radical (unpaired) electrons. The van der Waals surface area contributed by atoms with E-state index in [1.807, 2.05) is 0 Å². The number of nitrogen functional groups attached to an aromatic ring is 1. The van der Waals surface area contributed by atoms with Crippen LogP contribution in [0.4, 0.5) is 5.82 Å². The van der Waals surface area contributed by atoms with Crippen molar-refractivity contribution >= 4 is 22.5 Å². The van der Waals surface area contributed by atoms with Gasteiger partial charge < -0.3 is 19.3 Å². The van der Waals surface area contributed by atoms with Crippen LogP contribution in [0.2, 0.25) is 36.3 Å². The Hall–Kier alpha value is -1.01. The van der Waals surface area contributed by atoms with E-state index in [-0.39, 0.29) is 27.9 Å². The van der Waals surface area contributed by atoms with Gasteiger partial charge in [0, 0.05) is 12.1 Å². The van der Waals surface area contributed by atoms with E-state index in [0.717, 1.165) is 0 Å². The van der Waals surface area contributed by atoms with Crippen LogP contribution in [0.5, 0.6) is 0 Å². The number of hydrogen-bond acceptors (Lipinski definition) is 6. The van der Waals surface area contributed by atoms with Crippen LogP contribution < -0.4 is 11.4 Å². The lowest BCUT2D eigenvalue weighted by molar-refractivity contribution is -0.112. The van der Waals surface area contributed by atoms with Gasteiger partial charge in [-0.3, -0.25) is 4.57 Å². The summed E-state index contributed by atoms with van der Waals surface area (Å²) in [4.78, 5) is 16.5. The molecular weight excluding hydrogens is 438 g/mol. The summed E-state index contributed by atoms with van der Waals surface area (Å²) >= 11 is 0. The summed E-state index contributed by atoms with van der Waals surface area (Å²) in [5.74, 6) is 0.135. The minimum Gasteiger partial charge on any atom is -0.414 e. The van der Waals surface area contributed by atoms with Crippen molar-refractivity contribution in [3.05, 3.63) is 22.7 Å². The molecule has 2 N–H and O–H groups in total. The van der Waals surface area contributed by atoms with Crippen LogP contribution >= 0.6 is 0 Å². The Balaban J connectivity index is 2.46. The highest BCUT2D eigenvalue weighted by Crippen LogP contribution is 2.48. The summed E-state index contributed by atoms with van der Waals surface area (Å²) in [6.45, 7) is 26.9. The zero-order valence-corrected chi connectivity index (χ0v) is 24.2. The van der Waals surface area contributed by atoms with Gasteiger partial charge in [0.25, 0.3) is 0 Å². The fraction of sp³-hybridized carbons (Fsp3) is 0.826. The third-order valence-electron chi connectivity index (χ3n) is 7.80. The topological polar surface area (TPSA) is 88.6 Å². The van der Waals surface area contributed by atoms with Gasteiger partial charge in [-0.25, -0.2) is 4.79 Å². The predicted octanol–water partition coefficient (Wildman–Crippen LogP) is 5.16. The summed E-state index contributed by atoms with van der Waals surface area (Å²) in [6.07, 6.45) is 0.941. The Labute approximate surface area is 196 Å². The number of aromatic nitrogens is 2. The largest absolute Gasteiger partial charge is 0.414 e. The first-order valence-electron chi connectivity index (χ1n) is 11.6. The second-order valence-electron chi connectivity index (χ2n) is 12.6. The molecule has 0 spiro atoms. The molecule has 1 aromatic heterocycles. The van der Waals surface area contributed by atoms with Crippen LogP contribution in [0.3, 0.4) is 0 Å². The van der Waals surface area contributed by atoms with Gasteiger partial charge in [0.2, 0.25) is 0 Å². The van der Waals surface area contributed by atoms with E-state index in [4.69, 9.17) is 19.3 Å². The Morgan fingerprint density at radius 2 is 1.66 bits per heavy atom. The lowest BCUT2D eigenvalue weighted by Gasteiger charge is -2.44. The number of nitrogens with two attached hydrogens (primary N) is 1. The molecule has 1 fully saturated rings. The van der Waals surface area contributed by atoms with Crippen molar-refractivity contribution in [3.8, 4) is 0 Å². The third-order valence-corrected chi connectivity index (χ3v) is 16.7. The molecule has 0 aromatic carbocycles. The maximum atomic E-state index is 12.6. The maximum absolute atomic E-state index is 12.6. The summed E-state index contributed by atoms with van der Waals surface area (Å²) in [7, 11) is -4.12. The number of anilines is 1. The highest BCUT2D eigenvalue weighted by atomic mass is 28.4. The summed E-state index contributed by atoms with van der Waals surface area (Å²) < 4.78 is 21.7. The Morgan fingerprint density at radius 3 is 2.12 bits per heavy atom. The third kappa shape index (κ3) is 5.38. The highest BCUT2D eigenvalue weighted by molar-refractivity contribution is 6.74. The predicted molar refractivity (Wildman–Crippen MR) is 136 cm³/mol. The van der Waals surface area contributed by atoms with Crippen molar-refractivity contribution in [2.24, 2.45) is 5.92 Å². The summed E-state index contributed by atoms with van der Waals surface area (Å²) in [6, 6.07) is 1.63. The Bertz CT molecular complexity index is 873. The number of rotatable bonds is 6. The monoisotopic (exact) mass is 483 g/mol. The van der Waals surface area contributed by atoms with E-state index in [2.05, 4.69) is 86.6 Å². The van der Waals surface area contributed by atoms with E-state index in [1.165, 1.54) is 4.57 Å². The van der Waals surface area contributed by atoms with Crippen molar-refractivity contribution in [1.82, 2.24) is 9.55 Å². The van der Waals surface area contributed by atoms with Gasteiger partial charge in [-0.2, -0.15) is 4.98 Å². The van der Waals surface area contributed by atoms with Gasteiger partial charge in [0.1, 0.15) is 17.6 Å². The SMILES string of the molecule is C[C@H]1C(O[Si](C)(C)C(C)(C)C)[C@@](C)(CO[Si](C)(C)C(C)(C)C)O[C@H]1n1ccc(N)nc1=O. The smallest absolute Gasteiger partial charge is 0.351 e. The molecule has 1 aliphatic heterocycles. The summed E-state index contributed by atoms with van der Waals surface area (Å²) in [5, 5.41) is 0.131. The van der Waals surface area contributed by atoms with Crippen LogP contribution in [0.25, 0.3) is 0 Å². The number of ether oxygens (including phenoxy) is 1. The van der Waals surface area contributed by atoms with Gasteiger partial charge >= 0.3 is 5.69 Å². The normalized spacial score (nSPS) is 27.7. The van der Waals surface area contributed by atoms with Crippen molar-refractivity contribution in [2.45, 2.75) is 110 Å². The van der Waals surface area contributed by atoms with Crippen LogP contribution in [-0.2, 0) is 13.6 Å². The van der Waals surface area contributed by atoms with Gasteiger partial charge in [0.05, 0.1) is 12.7 Å². The van der Waals surface area contributed by atoms with Gasteiger partial charge in [-0.05, 0) is 49.3 Å². The molecule has 0 bridgehead atoms. The van der Waals surface area contributed by atoms with E-state index in [0.29, 0.717) is 6.61 Å². The maximum Gasteiger partial charge on any atom is 0.351 e. The number of nitrogens with zero attached hydrogens (tertiary/aromatic N) is 2. The van der Waals surface area contributed by atoms with Crippen molar-refractivity contribution < 1.29 is 13.6 Å². The molecule has 1 unspecified atom stereocenters. The van der Waals surface area contributed by atoms with Gasteiger partial charge in [-0.15, -0.1) is 0 Å². The van der Waals surface area contributed by atoms with Crippen molar-refractivity contribution in [2.75, 3.05) is 12.3 Å². The summed E-state index contributed by atoms with van der Waals surface area (Å²) in [5.41, 5.74) is 4.60. The quantitative estimate of drug-likeness (QED) is 0.562. The second-order valence-corrected chi connectivity index (χ2v) is 22.1. The minimum atomic E-state index is -2.11. The Morgan fingerprint density at radius 1 is 1.12 bits per heavy atom. The first-order valence-corrected chi connectivity index (χ1v) is 17.4.